The number of rotatable bonds is 6. The van der Waals surface area contributed by atoms with Crippen LogP contribution in [0.3, 0.4) is 0 Å². The van der Waals surface area contributed by atoms with E-state index >= 15 is 0 Å². The van der Waals surface area contributed by atoms with E-state index in [0.29, 0.717) is 6.04 Å². The zero-order valence-corrected chi connectivity index (χ0v) is 13.4. The van der Waals surface area contributed by atoms with Crippen LogP contribution in [0, 0.1) is 0 Å². The van der Waals surface area contributed by atoms with Gasteiger partial charge in [0.15, 0.2) is 0 Å². The van der Waals surface area contributed by atoms with Crippen LogP contribution in [-0.4, -0.2) is 25.3 Å². The van der Waals surface area contributed by atoms with E-state index in [0.717, 1.165) is 30.8 Å². The third-order valence-corrected chi connectivity index (χ3v) is 4.76. The largest absolute Gasteiger partial charge is 0.377 e. The standard InChI is InChI=1S/C17H26ClNO/c1-3-19-16(13-14-8-7-9-15(18)12-14)17(20-2)10-5-4-6-11-17/h7-9,12,16,19H,3-6,10-11,13H2,1-2H3. The highest BCUT2D eigenvalue weighted by molar-refractivity contribution is 6.30. The maximum absolute atomic E-state index is 6.11. The summed E-state index contributed by atoms with van der Waals surface area (Å²) < 4.78 is 6.00. The molecule has 20 heavy (non-hydrogen) atoms. The number of likely N-dealkylation sites (N-methyl/N-ethyl adjacent to an activating group) is 1. The van der Waals surface area contributed by atoms with Crippen LogP contribution in [0.15, 0.2) is 24.3 Å². The SMILES string of the molecule is CCNC(Cc1cccc(Cl)c1)C1(OC)CCCCC1. The van der Waals surface area contributed by atoms with Crippen LogP contribution < -0.4 is 5.32 Å². The van der Waals surface area contributed by atoms with Gasteiger partial charge in [-0.2, -0.15) is 0 Å². The van der Waals surface area contributed by atoms with Crippen LogP contribution in [0.5, 0.6) is 0 Å². The number of methoxy groups -OCH3 is 1. The number of nitrogens with one attached hydrogen (secondary N) is 1. The summed E-state index contributed by atoms with van der Waals surface area (Å²) in [5.74, 6) is 0. The Morgan fingerprint density at radius 1 is 1.30 bits per heavy atom. The third kappa shape index (κ3) is 3.75. The topological polar surface area (TPSA) is 21.3 Å². The molecule has 1 N–H and O–H groups in total. The minimum absolute atomic E-state index is 0.0173. The van der Waals surface area contributed by atoms with Crippen molar-refractivity contribution < 1.29 is 4.74 Å². The van der Waals surface area contributed by atoms with E-state index in [4.69, 9.17) is 16.3 Å². The van der Waals surface area contributed by atoms with Crippen molar-refractivity contribution in [3.05, 3.63) is 34.9 Å². The Hall–Kier alpha value is -0.570. The fraction of sp³-hybridized carbons (Fsp3) is 0.647. The normalized spacial score (nSPS) is 19.8. The highest BCUT2D eigenvalue weighted by Crippen LogP contribution is 2.35. The molecule has 0 aliphatic heterocycles. The molecule has 1 aromatic carbocycles. The average Bonchev–Trinajstić information content (AvgIpc) is 2.47. The van der Waals surface area contributed by atoms with Crippen molar-refractivity contribution in [3.8, 4) is 0 Å². The molecule has 0 heterocycles. The summed E-state index contributed by atoms with van der Waals surface area (Å²) >= 11 is 6.11. The Morgan fingerprint density at radius 3 is 2.65 bits per heavy atom. The Labute approximate surface area is 127 Å². The Bertz CT molecular complexity index is 415. The number of hydrogen-bond acceptors (Lipinski definition) is 2. The molecular weight excluding hydrogens is 270 g/mol. The second kappa shape index (κ2) is 7.44. The van der Waals surface area contributed by atoms with E-state index in [9.17, 15) is 0 Å². The molecule has 0 aromatic heterocycles. The molecule has 112 valence electrons. The predicted molar refractivity (Wildman–Crippen MR) is 85.4 cm³/mol. The van der Waals surface area contributed by atoms with Gasteiger partial charge in [0.2, 0.25) is 0 Å². The lowest BCUT2D eigenvalue weighted by atomic mass is 9.77. The zero-order chi connectivity index (χ0) is 14.4. The van der Waals surface area contributed by atoms with Crippen LogP contribution in [0.25, 0.3) is 0 Å². The summed E-state index contributed by atoms with van der Waals surface area (Å²) in [7, 11) is 1.87. The molecule has 1 aromatic rings. The van der Waals surface area contributed by atoms with Crippen molar-refractivity contribution in [1.29, 1.82) is 0 Å². The van der Waals surface area contributed by atoms with Gasteiger partial charge in [0, 0.05) is 18.2 Å². The summed E-state index contributed by atoms with van der Waals surface area (Å²) in [6, 6.07) is 8.54. The van der Waals surface area contributed by atoms with Gasteiger partial charge in [-0.1, -0.05) is 49.9 Å². The van der Waals surface area contributed by atoms with Crippen molar-refractivity contribution in [3.63, 3.8) is 0 Å². The first kappa shape index (κ1) is 15.8. The molecule has 1 unspecified atom stereocenters. The van der Waals surface area contributed by atoms with Gasteiger partial charge in [-0.3, -0.25) is 0 Å². The van der Waals surface area contributed by atoms with E-state index in [1.165, 1.54) is 24.8 Å². The smallest absolute Gasteiger partial charge is 0.0834 e. The van der Waals surface area contributed by atoms with Crippen LogP contribution >= 0.6 is 11.6 Å². The molecule has 2 nitrogen and oxygen atoms in total. The van der Waals surface area contributed by atoms with E-state index in [1.54, 1.807) is 0 Å². The lowest BCUT2D eigenvalue weighted by Gasteiger charge is -2.43. The summed E-state index contributed by atoms with van der Waals surface area (Å²) in [4.78, 5) is 0. The fourth-order valence-electron chi connectivity index (χ4n) is 3.44. The maximum Gasteiger partial charge on any atom is 0.0834 e. The first-order chi connectivity index (χ1) is 9.70. The zero-order valence-electron chi connectivity index (χ0n) is 12.6. The van der Waals surface area contributed by atoms with Gasteiger partial charge < -0.3 is 10.1 Å². The summed E-state index contributed by atoms with van der Waals surface area (Å²) in [5, 5.41) is 4.46. The van der Waals surface area contributed by atoms with Crippen LogP contribution in [0.2, 0.25) is 5.02 Å². The quantitative estimate of drug-likeness (QED) is 0.849. The molecule has 0 saturated heterocycles. The van der Waals surface area contributed by atoms with E-state index in [2.05, 4.69) is 24.4 Å². The molecule has 0 bridgehead atoms. The molecular formula is C17H26ClNO. The van der Waals surface area contributed by atoms with Gasteiger partial charge in [-0.15, -0.1) is 0 Å². The highest BCUT2D eigenvalue weighted by Gasteiger charge is 2.39. The first-order valence-corrected chi connectivity index (χ1v) is 8.11. The van der Waals surface area contributed by atoms with Crippen molar-refractivity contribution in [2.45, 2.75) is 57.1 Å². The van der Waals surface area contributed by atoms with Crippen molar-refractivity contribution in [2.75, 3.05) is 13.7 Å². The molecule has 1 atom stereocenters. The van der Waals surface area contributed by atoms with Crippen molar-refractivity contribution in [2.24, 2.45) is 0 Å². The molecule has 1 saturated carbocycles. The highest BCUT2D eigenvalue weighted by atomic mass is 35.5. The molecule has 3 heteroatoms. The van der Waals surface area contributed by atoms with Crippen LogP contribution in [-0.2, 0) is 11.2 Å². The van der Waals surface area contributed by atoms with Gasteiger partial charge in [0.1, 0.15) is 0 Å². The minimum atomic E-state index is -0.0173. The summed E-state index contributed by atoms with van der Waals surface area (Å²) in [5.41, 5.74) is 1.27. The number of benzene rings is 1. The second-order valence-corrected chi connectivity index (χ2v) is 6.21. The molecule has 0 radical (unpaired) electrons. The van der Waals surface area contributed by atoms with Gasteiger partial charge in [0.25, 0.3) is 0 Å². The van der Waals surface area contributed by atoms with E-state index < -0.39 is 0 Å². The Morgan fingerprint density at radius 2 is 2.05 bits per heavy atom. The molecule has 2 rings (SSSR count). The third-order valence-electron chi connectivity index (χ3n) is 4.52. The van der Waals surface area contributed by atoms with Gasteiger partial charge in [-0.25, -0.2) is 0 Å². The molecule has 1 fully saturated rings. The maximum atomic E-state index is 6.11. The van der Waals surface area contributed by atoms with E-state index in [-0.39, 0.29) is 5.60 Å². The number of hydrogen-bond donors (Lipinski definition) is 1. The van der Waals surface area contributed by atoms with E-state index in [1.807, 2.05) is 19.2 Å². The number of ether oxygens (including phenoxy) is 1. The molecule has 0 spiro atoms. The first-order valence-electron chi connectivity index (χ1n) is 7.73. The fourth-order valence-corrected chi connectivity index (χ4v) is 3.65. The Balaban J connectivity index is 2.16. The minimum Gasteiger partial charge on any atom is -0.377 e. The van der Waals surface area contributed by atoms with Gasteiger partial charge in [-0.05, 0) is 43.5 Å². The Kier molecular flexibility index (Phi) is 5.88. The number of halogens is 1. The average molecular weight is 296 g/mol. The van der Waals surface area contributed by atoms with Gasteiger partial charge >= 0.3 is 0 Å². The monoisotopic (exact) mass is 295 g/mol. The van der Waals surface area contributed by atoms with Crippen molar-refractivity contribution in [1.82, 2.24) is 5.32 Å². The van der Waals surface area contributed by atoms with Gasteiger partial charge in [0.05, 0.1) is 5.60 Å². The van der Waals surface area contributed by atoms with Crippen molar-refractivity contribution >= 4 is 11.6 Å². The van der Waals surface area contributed by atoms with Crippen LogP contribution in [0.4, 0.5) is 0 Å². The lowest BCUT2D eigenvalue weighted by molar-refractivity contribution is -0.0669. The molecule has 0 amide bonds. The van der Waals surface area contributed by atoms with Crippen LogP contribution in [0.1, 0.15) is 44.6 Å². The molecule has 1 aliphatic carbocycles. The molecule has 1 aliphatic rings. The summed E-state index contributed by atoms with van der Waals surface area (Å²) in [6.07, 6.45) is 7.16. The summed E-state index contributed by atoms with van der Waals surface area (Å²) in [6.45, 7) is 3.13. The second-order valence-electron chi connectivity index (χ2n) is 5.77. The predicted octanol–water partition coefficient (Wildman–Crippen LogP) is 4.21. The lowest BCUT2D eigenvalue weighted by Crippen LogP contribution is -2.54.